The monoisotopic (exact) mass is 276 g/mol. The number of carbonyl (C=O) groups excluding carboxylic acids is 1. The van der Waals surface area contributed by atoms with Gasteiger partial charge in [-0.3, -0.25) is 14.4 Å². The Morgan fingerprint density at radius 1 is 1.20 bits per heavy atom. The van der Waals surface area contributed by atoms with Gasteiger partial charge in [0.2, 0.25) is 0 Å². The first kappa shape index (κ1) is 14.2. The number of Topliss-reactive ketones (excluding diaryl/α,β-unsaturated/α-hetero) is 1. The zero-order chi connectivity index (χ0) is 14.8. The van der Waals surface area contributed by atoms with Crippen molar-refractivity contribution < 1.29 is 24.6 Å². The highest BCUT2D eigenvalue weighted by molar-refractivity contribution is 5.96. The third-order valence-electron chi connectivity index (χ3n) is 4.07. The summed E-state index contributed by atoms with van der Waals surface area (Å²) in [6.45, 7) is 0. The third-order valence-corrected chi connectivity index (χ3v) is 4.07. The molecule has 2 rings (SSSR count). The van der Waals surface area contributed by atoms with E-state index >= 15 is 0 Å². The van der Waals surface area contributed by atoms with E-state index in [2.05, 4.69) is 0 Å². The summed E-state index contributed by atoms with van der Waals surface area (Å²) in [6.07, 6.45) is 0.286. The van der Waals surface area contributed by atoms with E-state index in [1.807, 2.05) is 0 Å². The fourth-order valence-electron chi connectivity index (χ4n) is 3.08. The van der Waals surface area contributed by atoms with Crippen LogP contribution in [0.1, 0.15) is 31.2 Å². The number of benzene rings is 1. The van der Waals surface area contributed by atoms with E-state index in [4.69, 9.17) is 5.11 Å². The standard InChI is InChI=1S/C15H16O5/c16-12-8-9-15(14(19)20,10-4-2-1-3-5-10)11(12)6-7-13(17)18/h1-5,11H,6-9H2,(H,17,18)(H,19,20)/t11-,15+/m1/s1. The van der Waals surface area contributed by atoms with Gasteiger partial charge in [-0.05, 0) is 18.4 Å². The number of hydrogen-bond donors (Lipinski definition) is 2. The molecule has 20 heavy (non-hydrogen) atoms. The molecule has 0 unspecified atom stereocenters. The van der Waals surface area contributed by atoms with Crippen LogP contribution >= 0.6 is 0 Å². The van der Waals surface area contributed by atoms with Gasteiger partial charge in [-0.15, -0.1) is 0 Å². The first-order valence-electron chi connectivity index (χ1n) is 6.52. The van der Waals surface area contributed by atoms with Gasteiger partial charge in [0.25, 0.3) is 0 Å². The van der Waals surface area contributed by atoms with Crippen molar-refractivity contribution in [2.75, 3.05) is 0 Å². The molecule has 1 aromatic carbocycles. The Morgan fingerprint density at radius 3 is 2.40 bits per heavy atom. The van der Waals surface area contributed by atoms with Crippen molar-refractivity contribution in [3.05, 3.63) is 35.9 Å². The maximum atomic E-state index is 12.0. The third kappa shape index (κ3) is 2.31. The second-order valence-electron chi connectivity index (χ2n) is 5.09. The van der Waals surface area contributed by atoms with Crippen LogP contribution in [0.4, 0.5) is 0 Å². The second kappa shape index (κ2) is 5.45. The molecule has 0 amide bonds. The first-order valence-corrected chi connectivity index (χ1v) is 6.52. The Kier molecular flexibility index (Phi) is 3.88. The maximum absolute atomic E-state index is 12.0. The van der Waals surface area contributed by atoms with Gasteiger partial charge in [0, 0.05) is 18.8 Å². The molecule has 5 heteroatoms. The number of aliphatic carboxylic acids is 2. The lowest BCUT2D eigenvalue weighted by molar-refractivity contribution is -0.148. The molecule has 0 bridgehead atoms. The average Bonchev–Trinajstić information content (AvgIpc) is 2.75. The molecule has 1 saturated carbocycles. The van der Waals surface area contributed by atoms with Crippen LogP contribution in [0.5, 0.6) is 0 Å². The normalized spacial score (nSPS) is 25.6. The summed E-state index contributed by atoms with van der Waals surface area (Å²) in [4.78, 5) is 34.6. The van der Waals surface area contributed by atoms with Crippen molar-refractivity contribution in [3.63, 3.8) is 0 Å². The molecule has 2 N–H and O–H groups in total. The number of ketones is 1. The molecule has 0 saturated heterocycles. The van der Waals surface area contributed by atoms with Gasteiger partial charge < -0.3 is 10.2 Å². The molecule has 1 fully saturated rings. The lowest BCUT2D eigenvalue weighted by Gasteiger charge is -2.30. The molecule has 0 aromatic heterocycles. The Morgan fingerprint density at radius 2 is 1.85 bits per heavy atom. The number of hydrogen-bond acceptors (Lipinski definition) is 3. The minimum atomic E-state index is -1.28. The average molecular weight is 276 g/mol. The Balaban J connectivity index is 2.42. The SMILES string of the molecule is O=C(O)CC[C@@H]1C(=O)CC[C@]1(C(=O)O)c1ccccc1. The van der Waals surface area contributed by atoms with Crippen LogP contribution in [-0.4, -0.2) is 27.9 Å². The molecule has 0 heterocycles. The molecule has 1 aromatic rings. The summed E-state index contributed by atoms with van der Waals surface area (Å²) < 4.78 is 0. The molecule has 106 valence electrons. The number of carboxylic acids is 2. The summed E-state index contributed by atoms with van der Waals surface area (Å²) in [7, 11) is 0. The summed E-state index contributed by atoms with van der Waals surface area (Å²) in [5, 5.41) is 18.5. The van der Waals surface area contributed by atoms with Crippen molar-refractivity contribution in [2.45, 2.75) is 31.1 Å². The van der Waals surface area contributed by atoms with E-state index in [0.29, 0.717) is 5.56 Å². The van der Waals surface area contributed by atoms with Crippen molar-refractivity contribution >= 4 is 17.7 Å². The van der Waals surface area contributed by atoms with Gasteiger partial charge in [0.1, 0.15) is 11.2 Å². The van der Waals surface area contributed by atoms with Crippen LogP contribution in [0.3, 0.4) is 0 Å². The molecule has 1 aliphatic carbocycles. The van der Waals surface area contributed by atoms with E-state index in [1.165, 1.54) is 0 Å². The van der Waals surface area contributed by atoms with Gasteiger partial charge in [0.15, 0.2) is 0 Å². The maximum Gasteiger partial charge on any atom is 0.314 e. The minimum Gasteiger partial charge on any atom is -0.481 e. The first-order chi connectivity index (χ1) is 9.48. The highest BCUT2D eigenvalue weighted by Gasteiger charge is 2.54. The van der Waals surface area contributed by atoms with E-state index in [9.17, 15) is 19.5 Å². The zero-order valence-corrected chi connectivity index (χ0v) is 10.9. The zero-order valence-electron chi connectivity index (χ0n) is 10.9. The van der Waals surface area contributed by atoms with Gasteiger partial charge in [0.05, 0.1) is 0 Å². The smallest absolute Gasteiger partial charge is 0.314 e. The lowest BCUT2D eigenvalue weighted by Crippen LogP contribution is -2.41. The highest BCUT2D eigenvalue weighted by atomic mass is 16.4. The largest absolute Gasteiger partial charge is 0.481 e. The van der Waals surface area contributed by atoms with Crippen LogP contribution in [0.25, 0.3) is 0 Å². The van der Waals surface area contributed by atoms with Crippen molar-refractivity contribution in [1.29, 1.82) is 0 Å². The predicted molar refractivity (Wildman–Crippen MR) is 70.4 cm³/mol. The minimum absolute atomic E-state index is 0.0648. The molecule has 2 atom stereocenters. The molecular formula is C15H16O5. The van der Waals surface area contributed by atoms with Crippen molar-refractivity contribution in [2.24, 2.45) is 5.92 Å². The number of carbonyl (C=O) groups is 3. The molecule has 0 spiro atoms. The summed E-state index contributed by atoms with van der Waals surface area (Å²) in [5.74, 6) is -2.99. The van der Waals surface area contributed by atoms with Gasteiger partial charge in [-0.1, -0.05) is 30.3 Å². The number of rotatable bonds is 5. The van der Waals surface area contributed by atoms with Crippen LogP contribution in [0, 0.1) is 5.92 Å². The Hall–Kier alpha value is -2.17. The molecule has 0 radical (unpaired) electrons. The van der Waals surface area contributed by atoms with E-state index < -0.39 is 23.3 Å². The Bertz CT molecular complexity index is 536. The van der Waals surface area contributed by atoms with E-state index in [-0.39, 0.29) is 31.5 Å². The second-order valence-corrected chi connectivity index (χ2v) is 5.09. The van der Waals surface area contributed by atoms with Crippen LogP contribution < -0.4 is 0 Å². The fraction of sp³-hybridized carbons (Fsp3) is 0.400. The van der Waals surface area contributed by atoms with Crippen LogP contribution in [0.15, 0.2) is 30.3 Å². The van der Waals surface area contributed by atoms with Gasteiger partial charge in [-0.2, -0.15) is 0 Å². The fourth-order valence-corrected chi connectivity index (χ4v) is 3.08. The van der Waals surface area contributed by atoms with Crippen LogP contribution in [0.2, 0.25) is 0 Å². The van der Waals surface area contributed by atoms with E-state index in [0.717, 1.165) is 0 Å². The molecule has 1 aliphatic rings. The Labute approximate surface area is 116 Å². The molecule has 5 nitrogen and oxygen atoms in total. The summed E-state index contributed by atoms with van der Waals surface area (Å²) in [5.41, 5.74) is -0.706. The highest BCUT2D eigenvalue weighted by Crippen LogP contribution is 2.46. The van der Waals surface area contributed by atoms with Crippen molar-refractivity contribution in [1.82, 2.24) is 0 Å². The predicted octanol–water partition coefficient (Wildman–Crippen LogP) is 1.85. The van der Waals surface area contributed by atoms with Crippen LogP contribution in [-0.2, 0) is 19.8 Å². The van der Waals surface area contributed by atoms with Gasteiger partial charge >= 0.3 is 11.9 Å². The summed E-state index contributed by atoms with van der Waals surface area (Å²) >= 11 is 0. The topological polar surface area (TPSA) is 91.7 Å². The van der Waals surface area contributed by atoms with Crippen molar-refractivity contribution in [3.8, 4) is 0 Å². The number of carboxylic acid groups (broad SMARTS) is 2. The quantitative estimate of drug-likeness (QED) is 0.856. The van der Waals surface area contributed by atoms with Gasteiger partial charge in [-0.25, -0.2) is 0 Å². The molecular weight excluding hydrogens is 260 g/mol. The lowest BCUT2D eigenvalue weighted by atomic mass is 9.70. The van der Waals surface area contributed by atoms with E-state index in [1.54, 1.807) is 30.3 Å². The summed E-state index contributed by atoms with van der Waals surface area (Å²) in [6, 6.07) is 8.64. The molecule has 0 aliphatic heterocycles.